The zero-order valence-corrected chi connectivity index (χ0v) is 12.0. The van der Waals surface area contributed by atoms with Gasteiger partial charge >= 0.3 is 6.36 Å². The molecule has 1 aliphatic rings. The number of rotatable bonds is 4. The highest BCUT2D eigenvalue weighted by atomic mass is 19.4. The molecule has 4 nitrogen and oxygen atoms in total. The van der Waals surface area contributed by atoms with Gasteiger partial charge in [0.1, 0.15) is 11.5 Å². The predicted molar refractivity (Wildman–Crippen MR) is 72.5 cm³/mol. The number of halogens is 3. The molecule has 118 valence electrons. The Morgan fingerprint density at radius 1 is 1.24 bits per heavy atom. The molecule has 2 rings (SSSR count). The highest BCUT2D eigenvalue weighted by Gasteiger charge is 2.32. The van der Waals surface area contributed by atoms with Crippen LogP contribution < -0.4 is 14.8 Å². The third-order valence-corrected chi connectivity index (χ3v) is 3.58. The Kier molecular flexibility index (Phi) is 4.95. The molecule has 1 fully saturated rings. The quantitative estimate of drug-likeness (QED) is 0.927. The summed E-state index contributed by atoms with van der Waals surface area (Å²) in [4.78, 5) is 2.20. The van der Waals surface area contributed by atoms with Gasteiger partial charge in [0.25, 0.3) is 0 Å². The fourth-order valence-corrected chi connectivity index (χ4v) is 2.50. The maximum Gasteiger partial charge on any atom is 0.573 e. The number of methoxy groups -OCH3 is 1. The summed E-state index contributed by atoms with van der Waals surface area (Å²) in [6, 6.07) is 4.13. The van der Waals surface area contributed by atoms with Crippen LogP contribution in [0.25, 0.3) is 0 Å². The van der Waals surface area contributed by atoms with Gasteiger partial charge in [0.2, 0.25) is 0 Å². The van der Waals surface area contributed by atoms with Crippen molar-refractivity contribution in [2.75, 3.05) is 33.3 Å². The van der Waals surface area contributed by atoms with Crippen LogP contribution in [-0.4, -0.2) is 44.6 Å². The maximum atomic E-state index is 12.3. The minimum Gasteiger partial charge on any atom is -0.496 e. The van der Waals surface area contributed by atoms with E-state index in [4.69, 9.17) is 4.74 Å². The maximum absolute atomic E-state index is 12.3. The van der Waals surface area contributed by atoms with E-state index in [9.17, 15) is 13.2 Å². The van der Waals surface area contributed by atoms with Crippen molar-refractivity contribution in [3.8, 4) is 11.5 Å². The second kappa shape index (κ2) is 6.53. The van der Waals surface area contributed by atoms with E-state index in [2.05, 4.69) is 15.0 Å². The Morgan fingerprint density at radius 2 is 1.90 bits per heavy atom. The first-order chi connectivity index (χ1) is 9.90. The normalized spacial score (nSPS) is 18.3. The van der Waals surface area contributed by atoms with E-state index in [1.165, 1.54) is 25.3 Å². The zero-order valence-electron chi connectivity index (χ0n) is 12.0. The molecule has 1 N–H and O–H groups in total. The van der Waals surface area contributed by atoms with Crippen LogP contribution in [0, 0.1) is 0 Å². The third-order valence-electron chi connectivity index (χ3n) is 3.58. The number of nitrogens with zero attached hydrogens (tertiary/aromatic N) is 1. The molecular weight excluding hydrogens is 285 g/mol. The van der Waals surface area contributed by atoms with Gasteiger partial charge in [0, 0.05) is 37.8 Å². The Labute approximate surface area is 121 Å². The Hall–Kier alpha value is -1.47. The number of piperazine rings is 1. The first-order valence-electron chi connectivity index (χ1n) is 6.79. The highest BCUT2D eigenvalue weighted by Crippen LogP contribution is 2.34. The Balaban J connectivity index is 2.24. The molecule has 0 aromatic heterocycles. The predicted octanol–water partition coefficient (Wildman–Crippen LogP) is 2.56. The first-order valence-corrected chi connectivity index (χ1v) is 6.79. The van der Waals surface area contributed by atoms with Crippen molar-refractivity contribution in [1.29, 1.82) is 0 Å². The van der Waals surface area contributed by atoms with Crippen molar-refractivity contribution in [2.45, 2.75) is 19.3 Å². The van der Waals surface area contributed by atoms with Crippen molar-refractivity contribution in [2.24, 2.45) is 0 Å². The molecular formula is C14H19F3N2O2. The van der Waals surface area contributed by atoms with Crippen LogP contribution in [0.4, 0.5) is 13.2 Å². The number of hydrogen-bond acceptors (Lipinski definition) is 4. The van der Waals surface area contributed by atoms with Crippen LogP contribution in [0.2, 0.25) is 0 Å². The summed E-state index contributed by atoms with van der Waals surface area (Å²) in [6.07, 6.45) is -4.69. The molecule has 21 heavy (non-hydrogen) atoms. The minimum atomic E-state index is -4.69. The molecule has 0 unspecified atom stereocenters. The molecule has 0 amide bonds. The number of alkyl halides is 3. The largest absolute Gasteiger partial charge is 0.573 e. The molecule has 0 aliphatic carbocycles. The van der Waals surface area contributed by atoms with Gasteiger partial charge in [-0.3, -0.25) is 4.90 Å². The molecule has 1 saturated heterocycles. The number of nitrogens with one attached hydrogen (secondary N) is 1. The summed E-state index contributed by atoms with van der Waals surface area (Å²) < 4.78 is 46.3. The lowest BCUT2D eigenvalue weighted by Crippen LogP contribution is -2.44. The average Bonchev–Trinajstić information content (AvgIpc) is 2.45. The lowest BCUT2D eigenvalue weighted by molar-refractivity contribution is -0.274. The van der Waals surface area contributed by atoms with Crippen molar-refractivity contribution in [1.82, 2.24) is 10.2 Å². The molecule has 0 bridgehead atoms. The van der Waals surface area contributed by atoms with Crippen molar-refractivity contribution < 1.29 is 22.6 Å². The van der Waals surface area contributed by atoms with Crippen LogP contribution in [0.1, 0.15) is 18.5 Å². The van der Waals surface area contributed by atoms with E-state index >= 15 is 0 Å². The monoisotopic (exact) mass is 304 g/mol. The van der Waals surface area contributed by atoms with Crippen LogP contribution in [0.15, 0.2) is 18.2 Å². The van der Waals surface area contributed by atoms with Crippen LogP contribution in [0.3, 0.4) is 0 Å². The van der Waals surface area contributed by atoms with E-state index < -0.39 is 6.36 Å². The van der Waals surface area contributed by atoms with Gasteiger partial charge < -0.3 is 14.8 Å². The van der Waals surface area contributed by atoms with E-state index in [0.717, 1.165) is 26.2 Å². The van der Waals surface area contributed by atoms with Gasteiger partial charge in [-0.25, -0.2) is 0 Å². The summed E-state index contributed by atoms with van der Waals surface area (Å²) in [7, 11) is 1.51. The zero-order chi connectivity index (χ0) is 15.5. The van der Waals surface area contributed by atoms with Gasteiger partial charge in [-0.05, 0) is 25.1 Å². The number of hydrogen-bond donors (Lipinski definition) is 1. The Bertz CT molecular complexity index is 474. The second-order valence-corrected chi connectivity index (χ2v) is 4.91. The van der Waals surface area contributed by atoms with Crippen LogP contribution in [0.5, 0.6) is 11.5 Å². The van der Waals surface area contributed by atoms with Gasteiger partial charge in [-0.2, -0.15) is 0 Å². The number of benzene rings is 1. The van der Waals surface area contributed by atoms with E-state index in [-0.39, 0.29) is 11.8 Å². The summed E-state index contributed by atoms with van der Waals surface area (Å²) in [5.41, 5.74) is 0.696. The van der Waals surface area contributed by atoms with Crippen LogP contribution in [-0.2, 0) is 0 Å². The lowest BCUT2D eigenvalue weighted by atomic mass is 10.0. The average molecular weight is 304 g/mol. The molecule has 0 radical (unpaired) electrons. The molecule has 7 heteroatoms. The smallest absolute Gasteiger partial charge is 0.496 e. The first kappa shape index (κ1) is 15.9. The summed E-state index contributed by atoms with van der Waals surface area (Å²) in [5.74, 6) is 0.343. The van der Waals surface area contributed by atoms with Crippen molar-refractivity contribution >= 4 is 0 Å². The summed E-state index contributed by atoms with van der Waals surface area (Å²) >= 11 is 0. The molecule has 1 aromatic carbocycles. The highest BCUT2D eigenvalue weighted by molar-refractivity contribution is 5.42. The van der Waals surface area contributed by atoms with Gasteiger partial charge in [-0.1, -0.05) is 0 Å². The lowest BCUT2D eigenvalue weighted by Gasteiger charge is -2.33. The SMILES string of the molecule is COc1ccc(OC(F)(F)F)cc1[C@@H](C)N1CCNCC1. The fraction of sp³-hybridized carbons (Fsp3) is 0.571. The van der Waals surface area contributed by atoms with E-state index in [1.54, 1.807) is 0 Å². The third kappa shape index (κ3) is 4.25. The second-order valence-electron chi connectivity index (χ2n) is 4.91. The standard InChI is InChI=1S/C14H19F3N2O2/c1-10(19-7-5-18-6-8-19)12-9-11(21-14(15,16)17)3-4-13(12)20-2/h3-4,9-10,18H,5-8H2,1-2H3/t10-/m1/s1. The molecule has 1 aliphatic heterocycles. The van der Waals surface area contributed by atoms with Gasteiger partial charge in [0.15, 0.2) is 0 Å². The van der Waals surface area contributed by atoms with Crippen LogP contribution >= 0.6 is 0 Å². The molecule has 0 saturated carbocycles. The van der Waals surface area contributed by atoms with Crippen molar-refractivity contribution in [3.63, 3.8) is 0 Å². The van der Waals surface area contributed by atoms with Gasteiger partial charge in [-0.15, -0.1) is 13.2 Å². The van der Waals surface area contributed by atoms with Crippen molar-refractivity contribution in [3.05, 3.63) is 23.8 Å². The molecule has 1 heterocycles. The van der Waals surface area contributed by atoms with E-state index in [0.29, 0.717) is 11.3 Å². The van der Waals surface area contributed by atoms with Gasteiger partial charge in [0.05, 0.1) is 7.11 Å². The fourth-order valence-electron chi connectivity index (χ4n) is 2.50. The summed E-state index contributed by atoms with van der Waals surface area (Å²) in [5, 5.41) is 3.25. The number of ether oxygens (including phenoxy) is 2. The minimum absolute atomic E-state index is 0.0427. The molecule has 0 spiro atoms. The Morgan fingerprint density at radius 3 is 2.48 bits per heavy atom. The molecule has 1 atom stereocenters. The summed E-state index contributed by atoms with van der Waals surface area (Å²) in [6.45, 7) is 5.38. The van der Waals surface area contributed by atoms with E-state index in [1.807, 2.05) is 6.92 Å². The molecule has 1 aromatic rings. The topological polar surface area (TPSA) is 33.7 Å².